The van der Waals surface area contributed by atoms with Crippen molar-refractivity contribution in [2.45, 2.75) is 20.5 Å². The number of carbonyl (C=O) groups is 1. The number of benzene rings is 2. The topological polar surface area (TPSA) is 87.7 Å². The Morgan fingerprint density at radius 2 is 1.94 bits per heavy atom. The molecule has 2 N–H and O–H groups in total. The fourth-order valence-electron chi connectivity index (χ4n) is 3.15. The largest absolute Gasteiger partial charge is 0.436 e. The molecule has 31 heavy (non-hydrogen) atoms. The summed E-state index contributed by atoms with van der Waals surface area (Å²) in [6.07, 6.45) is 1.57. The van der Waals surface area contributed by atoms with E-state index in [1.807, 2.05) is 43.3 Å². The van der Waals surface area contributed by atoms with Crippen LogP contribution in [-0.2, 0) is 6.61 Å². The lowest BCUT2D eigenvalue weighted by molar-refractivity contribution is 0.102. The van der Waals surface area contributed by atoms with Crippen LogP contribution in [0.25, 0.3) is 11.0 Å². The molecule has 0 unspecified atom stereocenters. The van der Waals surface area contributed by atoms with Gasteiger partial charge in [0.2, 0.25) is 5.55 Å². The molecule has 0 saturated heterocycles. The molecule has 0 fully saturated rings. The summed E-state index contributed by atoms with van der Waals surface area (Å²) < 4.78 is 6.04. The lowest BCUT2D eigenvalue weighted by atomic mass is 10.1. The van der Waals surface area contributed by atoms with Crippen molar-refractivity contribution in [3.63, 3.8) is 0 Å². The maximum Gasteiger partial charge on any atom is 0.261 e. The van der Waals surface area contributed by atoms with Gasteiger partial charge in [-0.3, -0.25) is 9.78 Å². The maximum absolute atomic E-state index is 13.2. The van der Waals surface area contributed by atoms with Gasteiger partial charge in [0.05, 0.1) is 18.0 Å². The number of amides is 1. The zero-order chi connectivity index (χ0) is 22.0. The van der Waals surface area contributed by atoms with Crippen LogP contribution in [0.15, 0.2) is 70.2 Å². The number of nitrogens with zero attached hydrogens (tertiary/aromatic N) is 2. The van der Waals surface area contributed by atoms with Gasteiger partial charge in [0, 0.05) is 27.9 Å². The Morgan fingerprint density at radius 3 is 2.65 bits per heavy atom. The normalized spacial score (nSPS) is 11.7. The van der Waals surface area contributed by atoms with E-state index in [0.717, 1.165) is 5.56 Å². The van der Waals surface area contributed by atoms with Gasteiger partial charge in [-0.25, -0.2) is 4.99 Å². The molecule has 7 heteroatoms. The number of para-hydroxylation sites is 1. The highest BCUT2D eigenvalue weighted by Gasteiger charge is 2.17. The van der Waals surface area contributed by atoms with Crippen molar-refractivity contribution in [3.05, 3.63) is 93.8 Å². The van der Waals surface area contributed by atoms with Crippen molar-refractivity contribution in [2.24, 2.45) is 4.99 Å². The van der Waals surface area contributed by atoms with Crippen molar-refractivity contribution in [3.8, 4) is 0 Å². The molecule has 0 atom stereocenters. The second kappa shape index (κ2) is 8.71. The highest BCUT2D eigenvalue weighted by molar-refractivity contribution is 6.31. The Kier molecular flexibility index (Phi) is 5.84. The van der Waals surface area contributed by atoms with Crippen molar-refractivity contribution in [1.29, 1.82) is 0 Å². The van der Waals surface area contributed by atoms with E-state index in [9.17, 15) is 9.90 Å². The molecule has 0 aliphatic heterocycles. The standard InChI is InChI=1S/C24H20ClN3O3/c1-14-8-9-18(10-21(14)25)27-23(30)20-11-19-16(13-29)12-26-15(2)22(19)31-24(20)28-17-6-4-3-5-7-17/h3-12,29H,13H2,1-2H3,(H,27,30). The van der Waals surface area contributed by atoms with Crippen LogP contribution in [0.3, 0.4) is 0 Å². The SMILES string of the molecule is Cc1ccc(NC(=O)c2cc3c(CO)cnc(C)c3oc2=Nc2ccccc2)cc1Cl. The van der Waals surface area contributed by atoms with E-state index in [1.54, 1.807) is 31.3 Å². The molecule has 6 nitrogen and oxygen atoms in total. The summed E-state index contributed by atoms with van der Waals surface area (Å²) in [4.78, 5) is 22.0. The van der Waals surface area contributed by atoms with E-state index in [2.05, 4.69) is 15.3 Å². The average Bonchev–Trinajstić information content (AvgIpc) is 2.77. The monoisotopic (exact) mass is 433 g/mol. The number of anilines is 1. The number of pyridine rings is 1. The van der Waals surface area contributed by atoms with E-state index in [1.165, 1.54) is 0 Å². The molecule has 4 rings (SSSR count). The minimum Gasteiger partial charge on any atom is -0.436 e. The summed E-state index contributed by atoms with van der Waals surface area (Å²) in [5, 5.41) is 13.7. The minimum absolute atomic E-state index is 0.148. The number of halogens is 1. The lowest BCUT2D eigenvalue weighted by Crippen LogP contribution is -2.22. The Labute approximate surface area is 183 Å². The number of rotatable bonds is 4. The molecule has 4 aromatic rings. The molecule has 0 spiro atoms. The number of hydrogen-bond donors (Lipinski definition) is 2. The predicted molar refractivity (Wildman–Crippen MR) is 120 cm³/mol. The van der Waals surface area contributed by atoms with Crippen molar-refractivity contribution >= 4 is 39.9 Å². The molecule has 0 radical (unpaired) electrons. The summed E-state index contributed by atoms with van der Waals surface area (Å²) in [6.45, 7) is 3.45. The highest BCUT2D eigenvalue weighted by atomic mass is 35.5. The van der Waals surface area contributed by atoms with E-state index < -0.39 is 5.91 Å². The molecule has 0 aliphatic carbocycles. The molecule has 156 valence electrons. The van der Waals surface area contributed by atoms with Crippen LogP contribution in [0.1, 0.15) is 27.2 Å². The van der Waals surface area contributed by atoms with Gasteiger partial charge in [-0.05, 0) is 49.7 Å². The van der Waals surface area contributed by atoms with Gasteiger partial charge < -0.3 is 14.8 Å². The summed E-state index contributed by atoms with van der Waals surface area (Å²) >= 11 is 6.19. The molecule has 2 aromatic carbocycles. The third-order valence-corrected chi connectivity index (χ3v) is 5.29. The molecule has 1 amide bonds. The van der Waals surface area contributed by atoms with Gasteiger partial charge in [-0.15, -0.1) is 0 Å². The van der Waals surface area contributed by atoms with Gasteiger partial charge in [0.15, 0.2) is 5.58 Å². The Balaban J connectivity index is 1.90. The van der Waals surface area contributed by atoms with Crippen molar-refractivity contribution < 1.29 is 14.3 Å². The molecule has 0 bridgehead atoms. The number of aryl methyl sites for hydroxylation is 2. The zero-order valence-corrected chi connectivity index (χ0v) is 17.8. The van der Waals surface area contributed by atoms with Crippen LogP contribution in [0.5, 0.6) is 0 Å². The summed E-state index contributed by atoms with van der Waals surface area (Å²) in [5.74, 6) is -0.404. The first-order chi connectivity index (χ1) is 15.0. The summed E-state index contributed by atoms with van der Waals surface area (Å²) in [7, 11) is 0. The first-order valence-corrected chi connectivity index (χ1v) is 10.0. The van der Waals surface area contributed by atoms with Crippen molar-refractivity contribution in [2.75, 3.05) is 5.32 Å². The van der Waals surface area contributed by atoms with Crippen LogP contribution in [-0.4, -0.2) is 16.0 Å². The predicted octanol–water partition coefficient (Wildman–Crippen LogP) is 5.08. The van der Waals surface area contributed by atoms with Gasteiger partial charge in [0.1, 0.15) is 5.56 Å². The van der Waals surface area contributed by atoms with Crippen LogP contribution < -0.4 is 10.9 Å². The molecule has 0 saturated carbocycles. The van der Waals surface area contributed by atoms with Crippen LogP contribution in [0.2, 0.25) is 5.02 Å². The number of hydrogen-bond acceptors (Lipinski definition) is 5. The number of aliphatic hydroxyl groups is 1. The van der Waals surface area contributed by atoms with E-state index in [4.69, 9.17) is 16.0 Å². The smallest absolute Gasteiger partial charge is 0.261 e. The molecular formula is C24H20ClN3O3. The van der Waals surface area contributed by atoms with Crippen LogP contribution in [0.4, 0.5) is 11.4 Å². The third-order valence-electron chi connectivity index (χ3n) is 4.88. The number of nitrogens with one attached hydrogen (secondary N) is 1. The third kappa shape index (κ3) is 4.35. The summed E-state index contributed by atoms with van der Waals surface area (Å²) in [6, 6.07) is 16.2. The molecule has 2 heterocycles. The fraction of sp³-hybridized carbons (Fsp3) is 0.125. The van der Waals surface area contributed by atoms with Crippen molar-refractivity contribution in [1.82, 2.24) is 4.98 Å². The minimum atomic E-state index is -0.404. The molecular weight excluding hydrogens is 414 g/mol. The van der Waals surface area contributed by atoms with E-state index >= 15 is 0 Å². The summed E-state index contributed by atoms with van der Waals surface area (Å²) in [5.41, 5.74) is 4.15. The lowest BCUT2D eigenvalue weighted by Gasteiger charge is -2.10. The second-order valence-corrected chi connectivity index (χ2v) is 7.51. The first-order valence-electron chi connectivity index (χ1n) is 9.66. The maximum atomic E-state index is 13.2. The number of carbonyl (C=O) groups excluding carboxylic acids is 1. The number of aliphatic hydroxyl groups excluding tert-OH is 1. The van der Waals surface area contributed by atoms with Crippen LogP contribution >= 0.6 is 11.6 Å². The number of aromatic nitrogens is 1. The van der Waals surface area contributed by atoms with E-state index in [-0.39, 0.29) is 17.7 Å². The van der Waals surface area contributed by atoms with Gasteiger partial charge in [0.25, 0.3) is 5.91 Å². The fourth-order valence-corrected chi connectivity index (χ4v) is 3.33. The van der Waals surface area contributed by atoms with Gasteiger partial charge >= 0.3 is 0 Å². The second-order valence-electron chi connectivity index (χ2n) is 7.10. The highest BCUT2D eigenvalue weighted by Crippen LogP contribution is 2.23. The van der Waals surface area contributed by atoms with Crippen LogP contribution in [0, 0.1) is 13.8 Å². The zero-order valence-electron chi connectivity index (χ0n) is 17.0. The number of fused-ring (bicyclic) bond motifs is 1. The van der Waals surface area contributed by atoms with Gasteiger partial charge in [-0.1, -0.05) is 35.9 Å². The Hall–Kier alpha value is -3.48. The molecule has 0 aliphatic rings. The Bertz CT molecular complexity index is 1350. The average molecular weight is 434 g/mol. The molecule has 2 aromatic heterocycles. The first kappa shape index (κ1) is 20.8. The Morgan fingerprint density at radius 1 is 1.16 bits per heavy atom. The quantitative estimate of drug-likeness (QED) is 0.470. The van der Waals surface area contributed by atoms with Gasteiger partial charge in [-0.2, -0.15) is 0 Å². The van der Waals surface area contributed by atoms with E-state index in [0.29, 0.717) is 38.6 Å².